The van der Waals surface area contributed by atoms with Gasteiger partial charge in [-0.3, -0.25) is 4.90 Å². The fourth-order valence-corrected chi connectivity index (χ4v) is 3.14. The van der Waals surface area contributed by atoms with Gasteiger partial charge < -0.3 is 5.73 Å². The molecule has 1 aliphatic carbocycles. The van der Waals surface area contributed by atoms with Gasteiger partial charge in [-0.25, -0.2) is 4.39 Å². The topological polar surface area (TPSA) is 29.3 Å². The van der Waals surface area contributed by atoms with Gasteiger partial charge in [0.15, 0.2) is 0 Å². The van der Waals surface area contributed by atoms with Crippen LogP contribution in [-0.4, -0.2) is 18.0 Å². The van der Waals surface area contributed by atoms with Crippen LogP contribution in [0, 0.1) is 11.7 Å². The summed E-state index contributed by atoms with van der Waals surface area (Å²) in [7, 11) is 2.17. The number of rotatable bonds is 4. The van der Waals surface area contributed by atoms with E-state index >= 15 is 0 Å². The van der Waals surface area contributed by atoms with E-state index in [4.69, 9.17) is 5.73 Å². The minimum Gasteiger partial charge on any atom is -0.326 e. The van der Waals surface area contributed by atoms with E-state index < -0.39 is 0 Å². The maximum absolute atomic E-state index is 13.2. The average Bonchev–Trinajstić information content (AvgIpc) is 2.40. The maximum atomic E-state index is 13.2. The van der Waals surface area contributed by atoms with Gasteiger partial charge in [-0.1, -0.05) is 25.8 Å². The quantitative estimate of drug-likeness (QED) is 0.904. The van der Waals surface area contributed by atoms with Crippen LogP contribution in [0.4, 0.5) is 4.39 Å². The molecule has 1 aromatic rings. The molecule has 2 nitrogen and oxygen atoms in total. The highest BCUT2D eigenvalue weighted by atomic mass is 19.1. The summed E-state index contributed by atoms with van der Waals surface area (Å²) in [6.07, 6.45) is 5.23. The zero-order valence-electron chi connectivity index (χ0n) is 12.0. The molecule has 0 aromatic heterocycles. The van der Waals surface area contributed by atoms with E-state index in [1.807, 2.05) is 6.07 Å². The van der Waals surface area contributed by atoms with Crippen LogP contribution in [0.2, 0.25) is 0 Å². The average molecular weight is 264 g/mol. The largest absolute Gasteiger partial charge is 0.326 e. The molecule has 2 N–H and O–H groups in total. The van der Waals surface area contributed by atoms with Crippen LogP contribution in [0.25, 0.3) is 0 Å². The van der Waals surface area contributed by atoms with Crippen molar-refractivity contribution < 1.29 is 4.39 Å². The lowest BCUT2D eigenvalue weighted by molar-refractivity contribution is 0.157. The second-order valence-corrected chi connectivity index (χ2v) is 5.96. The summed E-state index contributed by atoms with van der Waals surface area (Å²) in [6, 6.07) is 5.62. The highest BCUT2D eigenvalue weighted by Crippen LogP contribution is 2.27. The Balaban J connectivity index is 2.03. The zero-order chi connectivity index (χ0) is 13.8. The molecule has 0 amide bonds. The number of benzene rings is 1. The third-order valence-corrected chi connectivity index (χ3v) is 4.34. The van der Waals surface area contributed by atoms with Crippen LogP contribution < -0.4 is 5.73 Å². The molecule has 19 heavy (non-hydrogen) atoms. The molecule has 0 radical (unpaired) electrons. The summed E-state index contributed by atoms with van der Waals surface area (Å²) < 4.78 is 13.2. The molecule has 1 aliphatic rings. The SMILES string of the molecule is CC1CCCC(N(C)Cc2ccc(F)cc2CN)C1. The zero-order valence-corrected chi connectivity index (χ0v) is 12.0. The molecule has 0 bridgehead atoms. The first-order valence-corrected chi connectivity index (χ1v) is 7.27. The molecule has 0 aliphatic heterocycles. The number of hydrogen-bond donors (Lipinski definition) is 1. The van der Waals surface area contributed by atoms with Crippen molar-refractivity contribution in [3.8, 4) is 0 Å². The Morgan fingerprint density at radius 3 is 2.79 bits per heavy atom. The lowest BCUT2D eigenvalue weighted by Crippen LogP contribution is -2.35. The lowest BCUT2D eigenvalue weighted by atomic mass is 9.86. The van der Waals surface area contributed by atoms with Gasteiger partial charge in [0.2, 0.25) is 0 Å². The normalized spacial score (nSPS) is 23.8. The van der Waals surface area contributed by atoms with Crippen LogP contribution in [0.3, 0.4) is 0 Å². The van der Waals surface area contributed by atoms with Crippen molar-refractivity contribution in [3.63, 3.8) is 0 Å². The third-order valence-electron chi connectivity index (χ3n) is 4.34. The highest BCUT2D eigenvalue weighted by Gasteiger charge is 2.22. The summed E-state index contributed by atoms with van der Waals surface area (Å²) >= 11 is 0. The van der Waals surface area contributed by atoms with Crippen molar-refractivity contribution in [2.24, 2.45) is 11.7 Å². The minimum atomic E-state index is -0.196. The smallest absolute Gasteiger partial charge is 0.123 e. The van der Waals surface area contributed by atoms with Gasteiger partial charge in [-0.15, -0.1) is 0 Å². The fourth-order valence-electron chi connectivity index (χ4n) is 3.14. The predicted octanol–water partition coefficient (Wildman–Crippen LogP) is 3.29. The van der Waals surface area contributed by atoms with Crippen LogP contribution in [-0.2, 0) is 13.1 Å². The standard InChI is InChI=1S/C16H25FN2/c1-12-4-3-5-16(8-12)19(2)11-13-6-7-15(17)9-14(13)10-18/h6-7,9,12,16H,3-5,8,10-11,18H2,1-2H3. The Labute approximate surface area is 115 Å². The van der Waals surface area contributed by atoms with Crippen molar-refractivity contribution in [2.45, 2.75) is 51.7 Å². The molecule has 106 valence electrons. The first-order chi connectivity index (χ1) is 9.10. The van der Waals surface area contributed by atoms with E-state index in [9.17, 15) is 4.39 Å². The van der Waals surface area contributed by atoms with E-state index in [-0.39, 0.29) is 5.82 Å². The van der Waals surface area contributed by atoms with E-state index in [0.717, 1.165) is 23.6 Å². The molecule has 0 heterocycles. The Kier molecular flexibility index (Phi) is 4.94. The molecular weight excluding hydrogens is 239 g/mol. The Bertz CT molecular complexity index is 419. The highest BCUT2D eigenvalue weighted by molar-refractivity contribution is 5.27. The molecule has 2 atom stereocenters. The first-order valence-electron chi connectivity index (χ1n) is 7.27. The van der Waals surface area contributed by atoms with E-state index in [2.05, 4.69) is 18.9 Å². The van der Waals surface area contributed by atoms with Gasteiger partial charge in [-0.2, -0.15) is 0 Å². The molecule has 2 rings (SSSR count). The van der Waals surface area contributed by atoms with Crippen LogP contribution in [0.15, 0.2) is 18.2 Å². The van der Waals surface area contributed by atoms with E-state index in [1.54, 1.807) is 6.07 Å². The van der Waals surface area contributed by atoms with Crippen LogP contribution >= 0.6 is 0 Å². The minimum absolute atomic E-state index is 0.196. The predicted molar refractivity (Wildman–Crippen MR) is 77.2 cm³/mol. The molecule has 0 saturated heterocycles. The van der Waals surface area contributed by atoms with Crippen molar-refractivity contribution in [1.82, 2.24) is 4.90 Å². The van der Waals surface area contributed by atoms with Crippen molar-refractivity contribution in [3.05, 3.63) is 35.1 Å². The second kappa shape index (κ2) is 6.49. The number of halogens is 1. The number of nitrogens with two attached hydrogens (primary N) is 1. The van der Waals surface area contributed by atoms with Gasteiger partial charge in [0.25, 0.3) is 0 Å². The number of hydrogen-bond acceptors (Lipinski definition) is 2. The van der Waals surface area contributed by atoms with Crippen LogP contribution in [0.1, 0.15) is 43.7 Å². The molecule has 1 fully saturated rings. The molecule has 1 aromatic carbocycles. The summed E-state index contributed by atoms with van der Waals surface area (Å²) in [5, 5.41) is 0. The third kappa shape index (κ3) is 3.77. The number of nitrogens with zero attached hydrogens (tertiary/aromatic N) is 1. The summed E-state index contributed by atoms with van der Waals surface area (Å²) in [4.78, 5) is 2.40. The summed E-state index contributed by atoms with van der Waals surface area (Å²) in [6.45, 7) is 3.61. The second-order valence-electron chi connectivity index (χ2n) is 5.96. The molecular formula is C16H25FN2. The molecule has 0 spiro atoms. The Hall–Kier alpha value is -0.930. The first kappa shape index (κ1) is 14.5. The van der Waals surface area contributed by atoms with Gasteiger partial charge >= 0.3 is 0 Å². The molecule has 2 unspecified atom stereocenters. The Morgan fingerprint density at radius 1 is 1.32 bits per heavy atom. The van der Waals surface area contributed by atoms with E-state index in [1.165, 1.54) is 31.7 Å². The van der Waals surface area contributed by atoms with Gasteiger partial charge in [-0.05, 0) is 49.1 Å². The Morgan fingerprint density at radius 2 is 2.11 bits per heavy atom. The fraction of sp³-hybridized carbons (Fsp3) is 0.625. The lowest BCUT2D eigenvalue weighted by Gasteiger charge is -2.34. The van der Waals surface area contributed by atoms with Crippen molar-refractivity contribution >= 4 is 0 Å². The van der Waals surface area contributed by atoms with Crippen molar-refractivity contribution in [1.29, 1.82) is 0 Å². The maximum Gasteiger partial charge on any atom is 0.123 e. The van der Waals surface area contributed by atoms with Crippen LogP contribution in [0.5, 0.6) is 0 Å². The monoisotopic (exact) mass is 264 g/mol. The van der Waals surface area contributed by atoms with E-state index in [0.29, 0.717) is 12.6 Å². The summed E-state index contributed by atoms with van der Waals surface area (Å²) in [5.74, 6) is 0.626. The van der Waals surface area contributed by atoms with Crippen molar-refractivity contribution in [2.75, 3.05) is 7.05 Å². The van der Waals surface area contributed by atoms with Gasteiger partial charge in [0.05, 0.1) is 0 Å². The molecule has 1 saturated carbocycles. The van der Waals surface area contributed by atoms with Gasteiger partial charge in [0, 0.05) is 19.1 Å². The summed E-state index contributed by atoms with van der Waals surface area (Å²) in [5.41, 5.74) is 7.79. The van der Waals surface area contributed by atoms with Gasteiger partial charge in [0.1, 0.15) is 5.82 Å². The molecule has 3 heteroatoms.